The molecule has 0 N–H and O–H groups in total. The number of hydrogen-bond acceptors (Lipinski definition) is 4. The first-order valence-electron chi connectivity index (χ1n) is 11.8. The molecule has 1 aliphatic rings. The van der Waals surface area contributed by atoms with Gasteiger partial charge in [0.2, 0.25) is 5.91 Å². The van der Waals surface area contributed by atoms with Crippen LogP contribution in [0.4, 0.5) is 0 Å². The molecule has 0 aromatic carbocycles. The van der Waals surface area contributed by atoms with E-state index in [2.05, 4.69) is 24.7 Å². The number of rotatable bonds is 9. The molecule has 0 aliphatic carbocycles. The van der Waals surface area contributed by atoms with Gasteiger partial charge in [-0.3, -0.25) is 14.8 Å². The molecule has 5 nitrogen and oxygen atoms in total. The lowest BCUT2D eigenvalue weighted by Crippen LogP contribution is -2.42. The summed E-state index contributed by atoms with van der Waals surface area (Å²) in [4.78, 5) is 23.1. The van der Waals surface area contributed by atoms with E-state index in [0.29, 0.717) is 18.8 Å². The second-order valence-corrected chi connectivity index (χ2v) is 8.39. The largest absolute Gasteiger partial charge is 0.483 e. The van der Waals surface area contributed by atoms with Crippen LogP contribution >= 0.6 is 0 Å². The van der Waals surface area contributed by atoms with Crippen LogP contribution in [0.2, 0.25) is 0 Å². The molecule has 5 heteroatoms. The molecule has 1 aliphatic heterocycles. The van der Waals surface area contributed by atoms with Gasteiger partial charge in [-0.2, -0.15) is 0 Å². The number of ether oxygens (including phenoxy) is 1. The van der Waals surface area contributed by atoms with Crippen LogP contribution in [0, 0.1) is 5.92 Å². The smallest absolute Gasteiger partial charge is 0.245 e. The van der Waals surface area contributed by atoms with E-state index in [4.69, 9.17) is 9.73 Å². The number of carbonyl (C=O) groups is 1. The highest BCUT2D eigenvalue weighted by Gasteiger charge is 2.29. The third-order valence-electron chi connectivity index (χ3n) is 5.74. The molecule has 1 unspecified atom stereocenters. The molecule has 0 radical (unpaired) electrons. The Labute approximate surface area is 200 Å². The van der Waals surface area contributed by atoms with Crippen molar-refractivity contribution in [1.29, 1.82) is 0 Å². The molecule has 33 heavy (non-hydrogen) atoms. The molecular weight excluding hydrogens is 410 g/mol. The Bertz CT molecular complexity index is 848. The lowest BCUT2D eigenvalue weighted by molar-refractivity contribution is -0.127. The van der Waals surface area contributed by atoms with E-state index in [0.717, 1.165) is 29.8 Å². The van der Waals surface area contributed by atoms with Crippen molar-refractivity contribution in [2.45, 2.75) is 65.9 Å². The number of aliphatic imine (C=N–C) groups is 1. The highest BCUT2D eigenvalue weighted by Crippen LogP contribution is 2.27. The maximum atomic E-state index is 11.9. The van der Waals surface area contributed by atoms with Gasteiger partial charge in [0.1, 0.15) is 11.9 Å². The molecule has 1 aromatic heterocycles. The standard InChI is InChI=1S/C26H35N3O2.C2H6/c1-8-24(30)29-15-13-21(14-16-29)25(28-17-19(4)5)20(6)31-22-11-12-23(27-18-22)26(7,9-2)10-3;1-2/h8-12,17-18,20-21H,1-3,13-16H2,4-7H3;1-2H3. The average Bonchev–Trinajstić information content (AvgIpc) is 2.85. The van der Waals surface area contributed by atoms with Gasteiger partial charge >= 0.3 is 0 Å². The van der Waals surface area contributed by atoms with E-state index in [1.165, 1.54) is 6.08 Å². The Hall–Kier alpha value is -2.95. The van der Waals surface area contributed by atoms with Gasteiger partial charge in [0.15, 0.2) is 0 Å². The normalized spacial score (nSPS) is 15.5. The van der Waals surface area contributed by atoms with Crippen molar-refractivity contribution in [3.63, 3.8) is 0 Å². The predicted octanol–water partition coefficient (Wildman–Crippen LogP) is 6.29. The van der Waals surface area contributed by atoms with Crippen LogP contribution in [0.25, 0.3) is 0 Å². The Morgan fingerprint density at radius 3 is 2.27 bits per heavy atom. The van der Waals surface area contributed by atoms with Gasteiger partial charge in [0.05, 0.1) is 17.6 Å². The summed E-state index contributed by atoms with van der Waals surface area (Å²) in [7, 11) is 0. The molecule has 1 atom stereocenters. The molecule has 1 saturated heterocycles. The van der Waals surface area contributed by atoms with Gasteiger partial charge in [-0.05, 0) is 58.7 Å². The third-order valence-corrected chi connectivity index (χ3v) is 5.74. The number of allylic oxidation sites excluding steroid dienone is 3. The first-order valence-corrected chi connectivity index (χ1v) is 11.8. The fraction of sp³-hybridized carbons (Fsp3) is 0.464. The van der Waals surface area contributed by atoms with Gasteiger partial charge < -0.3 is 9.64 Å². The molecule has 0 saturated carbocycles. The van der Waals surface area contributed by atoms with E-state index in [1.807, 2.05) is 76.9 Å². The molecule has 1 amide bonds. The average molecular weight is 452 g/mol. The maximum absolute atomic E-state index is 11.9. The Balaban J connectivity index is 0.00000265. The summed E-state index contributed by atoms with van der Waals surface area (Å²) < 4.78 is 6.22. The van der Waals surface area contributed by atoms with Crippen molar-refractivity contribution in [3.8, 4) is 5.75 Å². The molecule has 1 aromatic rings. The van der Waals surface area contributed by atoms with Crippen molar-refractivity contribution in [3.05, 3.63) is 73.8 Å². The summed E-state index contributed by atoms with van der Waals surface area (Å²) in [6, 6.07) is 3.87. The number of piperidine rings is 1. The van der Waals surface area contributed by atoms with Crippen LogP contribution in [0.15, 0.2) is 73.1 Å². The summed E-state index contributed by atoms with van der Waals surface area (Å²) in [5.41, 5.74) is 2.62. The van der Waals surface area contributed by atoms with Crippen LogP contribution in [-0.4, -0.2) is 40.7 Å². The van der Waals surface area contributed by atoms with Crippen LogP contribution < -0.4 is 4.74 Å². The first-order chi connectivity index (χ1) is 15.7. The monoisotopic (exact) mass is 451 g/mol. The van der Waals surface area contributed by atoms with Crippen LogP contribution in [-0.2, 0) is 10.2 Å². The first kappa shape index (κ1) is 28.1. The molecule has 0 spiro atoms. The zero-order valence-corrected chi connectivity index (χ0v) is 21.3. The van der Waals surface area contributed by atoms with Gasteiger partial charge in [-0.25, -0.2) is 0 Å². The summed E-state index contributed by atoms with van der Waals surface area (Å²) in [5, 5.41) is 0. The fourth-order valence-electron chi connectivity index (χ4n) is 3.60. The van der Waals surface area contributed by atoms with E-state index in [1.54, 1.807) is 6.20 Å². The summed E-state index contributed by atoms with van der Waals surface area (Å²) >= 11 is 0. The van der Waals surface area contributed by atoms with Crippen LogP contribution in [0.3, 0.4) is 0 Å². The zero-order valence-electron chi connectivity index (χ0n) is 21.3. The molecule has 1 fully saturated rings. The lowest BCUT2D eigenvalue weighted by Gasteiger charge is -2.33. The highest BCUT2D eigenvalue weighted by atomic mass is 16.5. The van der Waals surface area contributed by atoms with E-state index >= 15 is 0 Å². The quantitative estimate of drug-likeness (QED) is 0.252. The highest BCUT2D eigenvalue weighted by molar-refractivity contribution is 5.92. The Kier molecular flexibility index (Phi) is 11.5. The molecule has 2 heterocycles. The second kappa shape index (κ2) is 13.6. The van der Waals surface area contributed by atoms with Crippen molar-refractivity contribution in [2.24, 2.45) is 10.9 Å². The van der Waals surface area contributed by atoms with Gasteiger partial charge in [0.25, 0.3) is 0 Å². The minimum Gasteiger partial charge on any atom is -0.483 e. The van der Waals surface area contributed by atoms with Gasteiger partial charge in [-0.15, -0.1) is 13.2 Å². The van der Waals surface area contributed by atoms with Crippen LogP contribution in [0.5, 0.6) is 5.75 Å². The number of aromatic nitrogens is 1. The SMILES string of the molecule is C=CC(=O)N1CCC(C(=NC=C(C)C)C(C)Oc2ccc(C(C)(C=C)C=C)nc2)CC1.CC. The molecule has 2 rings (SSSR count). The zero-order chi connectivity index (χ0) is 25.0. The number of nitrogens with zero attached hydrogens (tertiary/aromatic N) is 3. The number of amides is 1. The Morgan fingerprint density at radius 2 is 1.82 bits per heavy atom. The number of pyridine rings is 1. The third kappa shape index (κ3) is 7.85. The Morgan fingerprint density at radius 1 is 1.21 bits per heavy atom. The second-order valence-electron chi connectivity index (χ2n) is 8.39. The van der Waals surface area contributed by atoms with E-state index in [9.17, 15) is 4.79 Å². The number of likely N-dealkylation sites (tertiary alicyclic amines) is 1. The van der Waals surface area contributed by atoms with E-state index < -0.39 is 0 Å². The van der Waals surface area contributed by atoms with Crippen molar-refractivity contribution in [1.82, 2.24) is 9.88 Å². The number of carbonyl (C=O) groups excluding carboxylic acids is 1. The van der Waals surface area contributed by atoms with Crippen molar-refractivity contribution in [2.75, 3.05) is 13.1 Å². The van der Waals surface area contributed by atoms with E-state index in [-0.39, 0.29) is 23.3 Å². The lowest BCUT2D eigenvalue weighted by atomic mass is 9.87. The minimum absolute atomic E-state index is 0.0113. The summed E-state index contributed by atoms with van der Waals surface area (Å²) in [6.07, 6.45) is 10.2. The van der Waals surface area contributed by atoms with Gasteiger partial charge in [-0.1, -0.05) is 38.2 Å². The minimum atomic E-state index is -0.378. The molecular formula is C28H41N3O2. The van der Waals surface area contributed by atoms with Crippen molar-refractivity contribution < 1.29 is 9.53 Å². The van der Waals surface area contributed by atoms with Crippen LogP contribution in [0.1, 0.15) is 60.1 Å². The molecule has 0 bridgehead atoms. The molecule has 180 valence electrons. The number of hydrogen-bond donors (Lipinski definition) is 0. The van der Waals surface area contributed by atoms with Crippen molar-refractivity contribution >= 4 is 11.6 Å². The van der Waals surface area contributed by atoms with Gasteiger partial charge in [0, 0.05) is 30.6 Å². The predicted molar refractivity (Wildman–Crippen MR) is 140 cm³/mol. The maximum Gasteiger partial charge on any atom is 0.245 e. The summed E-state index contributed by atoms with van der Waals surface area (Å²) in [6.45, 7) is 24.9. The fourth-order valence-corrected chi connectivity index (χ4v) is 3.60. The topological polar surface area (TPSA) is 54.8 Å². The summed E-state index contributed by atoms with van der Waals surface area (Å²) in [5.74, 6) is 0.940.